The van der Waals surface area contributed by atoms with Crippen LogP contribution in [0.3, 0.4) is 0 Å². The predicted octanol–water partition coefficient (Wildman–Crippen LogP) is 4.13. The number of nitro groups is 1. The van der Waals surface area contributed by atoms with Crippen LogP contribution < -0.4 is 0 Å². The van der Waals surface area contributed by atoms with E-state index >= 15 is 0 Å². The van der Waals surface area contributed by atoms with E-state index in [0.29, 0.717) is 5.56 Å². The largest absolute Gasteiger partial charge is 0.465 e. The zero-order chi connectivity index (χ0) is 22.5. The van der Waals surface area contributed by atoms with Gasteiger partial charge in [-0.15, -0.1) is 0 Å². The fourth-order valence-corrected chi connectivity index (χ4v) is 2.76. The van der Waals surface area contributed by atoms with Gasteiger partial charge in [0.05, 0.1) is 17.1 Å². The second-order valence-electron chi connectivity index (χ2n) is 6.42. The SMILES string of the molecule is CCOC(=O)CN(Cc1ccc(C(F)(F)F)cc1)C(=O)c1ccc([N+](=O)[O-])c(C)c1. The summed E-state index contributed by atoms with van der Waals surface area (Å²) in [5.41, 5.74) is -0.253. The van der Waals surface area contributed by atoms with E-state index in [-0.39, 0.29) is 30.0 Å². The van der Waals surface area contributed by atoms with Crippen LogP contribution in [-0.4, -0.2) is 34.9 Å². The minimum atomic E-state index is -4.49. The molecule has 0 bridgehead atoms. The molecule has 1 amide bonds. The zero-order valence-corrected chi connectivity index (χ0v) is 16.2. The summed E-state index contributed by atoms with van der Waals surface area (Å²) in [7, 11) is 0. The molecule has 0 saturated heterocycles. The first-order valence-corrected chi connectivity index (χ1v) is 8.89. The molecule has 2 rings (SSSR count). The number of benzene rings is 2. The number of halogens is 3. The Labute approximate surface area is 170 Å². The summed E-state index contributed by atoms with van der Waals surface area (Å²) < 4.78 is 43.1. The van der Waals surface area contributed by atoms with E-state index in [0.717, 1.165) is 17.0 Å². The van der Waals surface area contributed by atoms with Crippen molar-refractivity contribution in [1.82, 2.24) is 4.90 Å². The summed E-state index contributed by atoms with van der Waals surface area (Å²) in [5.74, 6) is -1.29. The first-order valence-electron chi connectivity index (χ1n) is 8.89. The summed E-state index contributed by atoms with van der Waals surface area (Å²) in [6, 6.07) is 7.98. The van der Waals surface area contributed by atoms with Gasteiger partial charge in [0.25, 0.3) is 11.6 Å². The molecule has 0 saturated carbocycles. The molecule has 160 valence electrons. The highest BCUT2D eigenvalue weighted by Crippen LogP contribution is 2.29. The molecule has 0 spiro atoms. The number of carbonyl (C=O) groups excluding carboxylic acids is 2. The molecular weight excluding hydrogens is 405 g/mol. The zero-order valence-electron chi connectivity index (χ0n) is 16.2. The number of nitrogens with zero attached hydrogens (tertiary/aromatic N) is 2. The summed E-state index contributed by atoms with van der Waals surface area (Å²) in [6.07, 6.45) is -4.49. The fraction of sp³-hybridized carbons (Fsp3) is 0.300. The van der Waals surface area contributed by atoms with E-state index in [1.54, 1.807) is 6.92 Å². The molecule has 2 aromatic rings. The number of carbonyl (C=O) groups is 2. The number of hydrogen-bond acceptors (Lipinski definition) is 5. The third-order valence-electron chi connectivity index (χ3n) is 4.21. The third kappa shape index (κ3) is 5.79. The van der Waals surface area contributed by atoms with Gasteiger partial charge in [-0.2, -0.15) is 13.2 Å². The quantitative estimate of drug-likeness (QED) is 0.379. The van der Waals surface area contributed by atoms with Crippen LogP contribution in [0.25, 0.3) is 0 Å². The number of aryl methyl sites for hydroxylation is 1. The minimum absolute atomic E-state index is 0.0950. The van der Waals surface area contributed by atoms with Crippen molar-refractivity contribution in [2.75, 3.05) is 13.2 Å². The van der Waals surface area contributed by atoms with Crippen molar-refractivity contribution < 1.29 is 32.4 Å². The molecule has 10 heteroatoms. The number of hydrogen-bond donors (Lipinski definition) is 0. The summed E-state index contributed by atoms with van der Waals surface area (Å²) >= 11 is 0. The van der Waals surface area contributed by atoms with Crippen LogP contribution in [0.5, 0.6) is 0 Å². The number of alkyl halides is 3. The lowest BCUT2D eigenvalue weighted by atomic mass is 10.1. The maximum Gasteiger partial charge on any atom is 0.416 e. The highest BCUT2D eigenvalue weighted by Gasteiger charge is 2.30. The number of nitro benzene ring substituents is 1. The molecule has 0 unspecified atom stereocenters. The van der Waals surface area contributed by atoms with E-state index in [1.807, 2.05) is 0 Å². The topological polar surface area (TPSA) is 89.8 Å². The number of esters is 1. The van der Waals surface area contributed by atoms with Crippen molar-refractivity contribution in [3.8, 4) is 0 Å². The molecule has 30 heavy (non-hydrogen) atoms. The van der Waals surface area contributed by atoms with Gasteiger partial charge < -0.3 is 9.64 Å². The van der Waals surface area contributed by atoms with Crippen molar-refractivity contribution in [2.45, 2.75) is 26.6 Å². The van der Waals surface area contributed by atoms with E-state index < -0.39 is 35.1 Å². The standard InChI is InChI=1S/C20H19F3N2O5/c1-3-30-18(26)12-24(11-14-4-7-16(8-5-14)20(21,22)23)19(27)15-6-9-17(25(28)29)13(2)10-15/h4-10H,3,11-12H2,1-2H3. The van der Waals surface area contributed by atoms with Crippen molar-refractivity contribution in [3.63, 3.8) is 0 Å². The van der Waals surface area contributed by atoms with Gasteiger partial charge in [0.1, 0.15) is 6.54 Å². The van der Waals surface area contributed by atoms with Crippen LogP contribution in [0.1, 0.15) is 34.0 Å². The molecule has 0 fully saturated rings. The summed E-state index contributed by atoms with van der Waals surface area (Å²) in [4.78, 5) is 36.3. The molecule has 0 heterocycles. The van der Waals surface area contributed by atoms with Crippen LogP contribution >= 0.6 is 0 Å². The van der Waals surface area contributed by atoms with Crippen molar-refractivity contribution in [3.05, 3.63) is 74.8 Å². The molecular formula is C20H19F3N2O5. The van der Waals surface area contributed by atoms with Crippen LogP contribution in [0.4, 0.5) is 18.9 Å². The molecule has 2 aromatic carbocycles. The van der Waals surface area contributed by atoms with Gasteiger partial charge in [-0.05, 0) is 43.7 Å². The van der Waals surface area contributed by atoms with Crippen molar-refractivity contribution >= 4 is 17.6 Å². The van der Waals surface area contributed by atoms with Crippen LogP contribution in [0.15, 0.2) is 42.5 Å². The Kier molecular flexibility index (Phi) is 7.14. The summed E-state index contributed by atoms with van der Waals surface area (Å²) in [6.45, 7) is 2.59. The molecule has 0 aromatic heterocycles. The Bertz CT molecular complexity index is 942. The number of amides is 1. The van der Waals surface area contributed by atoms with Crippen LogP contribution in [0, 0.1) is 17.0 Å². The Morgan fingerprint density at radius 3 is 2.27 bits per heavy atom. The third-order valence-corrected chi connectivity index (χ3v) is 4.21. The fourth-order valence-electron chi connectivity index (χ4n) is 2.76. The second kappa shape index (κ2) is 9.38. The van der Waals surface area contributed by atoms with Gasteiger partial charge in [-0.25, -0.2) is 0 Å². The Morgan fingerprint density at radius 1 is 1.13 bits per heavy atom. The lowest BCUT2D eigenvalue weighted by Gasteiger charge is -2.22. The van der Waals surface area contributed by atoms with Gasteiger partial charge in [-0.3, -0.25) is 19.7 Å². The highest BCUT2D eigenvalue weighted by molar-refractivity contribution is 5.96. The van der Waals surface area contributed by atoms with Gasteiger partial charge in [0, 0.05) is 23.7 Å². The van der Waals surface area contributed by atoms with E-state index in [4.69, 9.17) is 4.74 Å². The van der Waals surface area contributed by atoms with Gasteiger partial charge in [-0.1, -0.05) is 12.1 Å². The lowest BCUT2D eigenvalue weighted by Crippen LogP contribution is -2.36. The Hall–Kier alpha value is -3.43. The Morgan fingerprint density at radius 2 is 1.77 bits per heavy atom. The van der Waals surface area contributed by atoms with Crippen molar-refractivity contribution in [2.24, 2.45) is 0 Å². The minimum Gasteiger partial charge on any atom is -0.465 e. The molecule has 0 aliphatic rings. The smallest absolute Gasteiger partial charge is 0.416 e. The molecule has 0 radical (unpaired) electrons. The van der Waals surface area contributed by atoms with Gasteiger partial charge >= 0.3 is 12.1 Å². The second-order valence-corrected chi connectivity index (χ2v) is 6.42. The maximum atomic E-state index is 12.9. The number of rotatable bonds is 7. The van der Waals surface area contributed by atoms with Crippen LogP contribution in [-0.2, 0) is 22.3 Å². The molecule has 7 nitrogen and oxygen atoms in total. The monoisotopic (exact) mass is 424 g/mol. The first-order chi connectivity index (χ1) is 14.0. The highest BCUT2D eigenvalue weighted by atomic mass is 19.4. The first kappa shape index (κ1) is 22.9. The molecule has 0 N–H and O–H groups in total. The maximum absolute atomic E-state index is 12.9. The molecule has 0 aliphatic heterocycles. The lowest BCUT2D eigenvalue weighted by molar-refractivity contribution is -0.385. The van der Waals surface area contributed by atoms with Crippen molar-refractivity contribution in [1.29, 1.82) is 0 Å². The predicted molar refractivity (Wildman–Crippen MR) is 101 cm³/mol. The Balaban J connectivity index is 2.30. The van der Waals surface area contributed by atoms with Gasteiger partial charge in [0.15, 0.2) is 0 Å². The van der Waals surface area contributed by atoms with E-state index in [2.05, 4.69) is 0 Å². The van der Waals surface area contributed by atoms with Crippen LogP contribution in [0.2, 0.25) is 0 Å². The average Bonchev–Trinajstić information content (AvgIpc) is 2.66. The normalized spacial score (nSPS) is 11.1. The molecule has 0 atom stereocenters. The average molecular weight is 424 g/mol. The van der Waals surface area contributed by atoms with Gasteiger partial charge in [0.2, 0.25) is 0 Å². The summed E-state index contributed by atoms with van der Waals surface area (Å²) in [5, 5.41) is 11.0. The molecule has 0 aliphatic carbocycles. The number of ether oxygens (including phenoxy) is 1. The van der Waals surface area contributed by atoms with E-state index in [9.17, 15) is 32.9 Å². The van der Waals surface area contributed by atoms with E-state index in [1.165, 1.54) is 37.3 Å².